The van der Waals surface area contributed by atoms with E-state index in [1.54, 1.807) is 23.9 Å². The Labute approximate surface area is 147 Å². The van der Waals surface area contributed by atoms with Crippen LogP contribution >= 0.6 is 11.8 Å². The minimum absolute atomic E-state index is 0.00914. The lowest BCUT2D eigenvalue weighted by atomic mass is 9.72. The molecule has 132 valence electrons. The summed E-state index contributed by atoms with van der Waals surface area (Å²) in [5.41, 5.74) is 5.88. The Bertz CT molecular complexity index is 625. The molecule has 6 heteroatoms. The minimum atomic E-state index is -0.742. The van der Waals surface area contributed by atoms with E-state index in [0.717, 1.165) is 6.42 Å². The summed E-state index contributed by atoms with van der Waals surface area (Å²) in [6.07, 6.45) is 0.958. The Morgan fingerprint density at radius 3 is 2.92 bits per heavy atom. The van der Waals surface area contributed by atoms with E-state index in [2.05, 4.69) is 6.92 Å². The number of nitrogens with two attached hydrogens (primary N) is 1. The maximum Gasteiger partial charge on any atom is 0.155 e. The van der Waals surface area contributed by atoms with Crippen molar-refractivity contribution < 1.29 is 13.9 Å². The van der Waals surface area contributed by atoms with Gasteiger partial charge in [-0.05, 0) is 26.3 Å². The number of thioether (sulfide) groups is 1. The van der Waals surface area contributed by atoms with Crippen molar-refractivity contribution in [3.8, 4) is 0 Å². The number of halogens is 1. The van der Waals surface area contributed by atoms with E-state index in [-0.39, 0.29) is 29.2 Å². The quantitative estimate of drug-likeness (QED) is 0.903. The van der Waals surface area contributed by atoms with Gasteiger partial charge in [-0.25, -0.2) is 9.38 Å². The van der Waals surface area contributed by atoms with Crippen LogP contribution in [0.4, 0.5) is 4.39 Å². The number of ether oxygens (including phenoxy) is 2. The molecule has 24 heavy (non-hydrogen) atoms. The summed E-state index contributed by atoms with van der Waals surface area (Å²) in [6.45, 7) is 7.04. The Hall–Kier alpha value is -1.11. The molecule has 4 nitrogen and oxygen atoms in total. The number of fused-ring (bicyclic) bond motifs is 1. The van der Waals surface area contributed by atoms with Crippen LogP contribution in [-0.4, -0.2) is 35.8 Å². The van der Waals surface area contributed by atoms with E-state index >= 15 is 0 Å². The fourth-order valence-corrected chi connectivity index (χ4v) is 4.75. The van der Waals surface area contributed by atoms with Gasteiger partial charge >= 0.3 is 0 Å². The lowest BCUT2D eigenvalue weighted by Gasteiger charge is -2.48. The van der Waals surface area contributed by atoms with E-state index in [4.69, 9.17) is 20.2 Å². The van der Waals surface area contributed by atoms with Crippen molar-refractivity contribution in [1.29, 1.82) is 0 Å². The first-order valence-electron chi connectivity index (χ1n) is 8.42. The van der Waals surface area contributed by atoms with Gasteiger partial charge in [0.1, 0.15) is 11.4 Å². The largest absolute Gasteiger partial charge is 0.379 e. The van der Waals surface area contributed by atoms with Gasteiger partial charge in [-0.15, -0.1) is 0 Å². The molecule has 2 heterocycles. The molecule has 0 bridgehead atoms. The Balaban J connectivity index is 1.93. The number of hydrogen-bond acceptors (Lipinski definition) is 5. The standard InChI is InChI=1S/C18H25FN2O2S/c1-11(2)22-9-13-8-15-12(3)24-17(20)21-18(15,10-23-13)14-6-4-5-7-16(14)19/h4-7,11-13,15H,8-10H2,1-3H3,(H2,20,21). The molecule has 4 unspecified atom stereocenters. The maximum atomic E-state index is 14.5. The molecule has 0 saturated carbocycles. The van der Waals surface area contributed by atoms with E-state index in [9.17, 15) is 4.39 Å². The highest BCUT2D eigenvalue weighted by Gasteiger charge is 2.51. The monoisotopic (exact) mass is 352 g/mol. The van der Waals surface area contributed by atoms with E-state index in [1.165, 1.54) is 6.07 Å². The molecule has 0 radical (unpaired) electrons. The van der Waals surface area contributed by atoms with Gasteiger partial charge in [0.05, 0.1) is 25.4 Å². The van der Waals surface area contributed by atoms with Gasteiger partial charge in [0.25, 0.3) is 0 Å². The zero-order chi connectivity index (χ0) is 17.3. The number of hydrogen-bond donors (Lipinski definition) is 1. The lowest BCUT2D eigenvalue weighted by molar-refractivity contribution is -0.102. The van der Waals surface area contributed by atoms with Gasteiger partial charge < -0.3 is 15.2 Å². The molecule has 0 aromatic heterocycles. The van der Waals surface area contributed by atoms with Gasteiger partial charge in [0, 0.05) is 16.7 Å². The van der Waals surface area contributed by atoms with Crippen molar-refractivity contribution in [3.63, 3.8) is 0 Å². The van der Waals surface area contributed by atoms with Crippen molar-refractivity contribution in [2.45, 2.75) is 50.2 Å². The fourth-order valence-electron chi connectivity index (χ4n) is 3.65. The smallest absolute Gasteiger partial charge is 0.155 e. The molecule has 4 atom stereocenters. The summed E-state index contributed by atoms with van der Waals surface area (Å²) < 4.78 is 26.3. The van der Waals surface area contributed by atoms with Gasteiger partial charge in [-0.3, -0.25) is 0 Å². The first-order chi connectivity index (χ1) is 11.4. The topological polar surface area (TPSA) is 56.8 Å². The van der Waals surface area contributed by atoms with E-state index in [0.29, 0.717) is 23.9 Å². The van der Waals surface area contributed by atoms with Crippen molar-refractivity contribution in [3.05, 3.63) is 35.6 Å². The molecular formula is C18H25FN2O2S. The van der Waals surface area contributed by atoms with Crippen molar-refractivity contribution >= 4 is 16.9 Å². The zero-order valence-electron chi connectivity index (χ0n) is 14.4. The summed E-state index contributed by atoms with van der Waals surface area (Å²) in [5.74, 6) is -0.0974. The summed E-state index contributed by atoms with van der Waals surface area (Å²) in [7, 11) is 0. The molecule has 0 aliphatic carbocycles. The Kier molecular flexibility index (Phi) is 5.18. The Morgan fingerprint density at radius 1 is 1.46 bits per heavy atom. The van der Waals surface area contributed by atoms with Gasteiger partial charge in [-0.2, -0.15) is 0 Å². The lowest BCUT2D eigenvalue weighted by Crippen LogP contribution is -2.53. The van der Waals surface area contributed by atoms with Crippen molar-refractivity contribution in [2.24, 2.45) is 16.6 Å². The summed E-state index contributed by atoms with van der Waals surface area (Å²) >= 11 is 1.56. The Morgan fingerprint density at radius 2 is 2.21 bits per heavy atom. The second-order valence-electron chi connectivity index (χ2n) is 6.83. The summed E-state index contributed by atoms with van der Waals surface area (Å²) in [6, 6.07) is 6.82. The predicted octanol–water partition coefficient (Wildman–Crippen LogP) is 3.30. The minimum Gasteiger partial charge on any atom is -0.379 e. The van der Waals surface area contributed by atoms with Crippen LogP contribution in [0.25, 0.3) is 0 Å². The molecule has 1 aromatic rings. The fraction of sp³-hybridized carbons (Fsp3) is 0.611. The van der Waals surface area contributed by atoms with Gasteiger partial charge in [0.2, 0.25) is 0 Å². The molecular weight excluding hydrogens is 327 g/mol. The molecule has 1 fully saturated rings. The van der Waals surface area contributed by atoms with Gasteiger partial charge in [-0.1, -0.05) is 36.9 Å². The molecule has 0 spiro atoms. The van der Waals surface area contributed by atoms with Crippen LogP contribution in [-0.2, 0) is 15.0 Å². The highest BCUT2D eigenvalue weighted by molar-refractivity contribution is 8.14. The highest BCUT2D eigenvalue weighted by Crippen LogP contribution is 2.49. The summed E-state index contributed by atoms with van der Waals surface area (Å²) in [5, 5.41) is 0.745. The third-order valence-corrected chi connectivity index (χ3v) is 5.84. The first-order valence-corrected chi connectivity index (χ1v) is 9.30. The third-order valence-electron chi connectivity index (χ3n) is 4.81. The van der Waals surface area contributed by atoms with Gasteiger partial charge in [0.15, 0.2) is 5.17 Å². The average molecular weight is 352 g/mol. The van der Waals surface area contributed by atoms with Crippen LogP contribution in [0.1, 0.15) is 32.8 Å². The normalized spacial score (nSPS) is 33.2. The summed E-state index contributed by atoms with van der Waals surface area (Å²) in [4.78, 5) is 4.70. The average Bonchev–Trinajstić information content (AvgIpc) is 2.53. The predicted molar refractivity (Wildman–Crippen MR) is 95.7 cm³/mol. The second kappa shape index (κ2) is 7.02. The van der Waals surface area contributed by atoms with Crippen molar-refractivity contribution in [2.75, 3.05) is 13.2 Å². The maximum absolute atomic E-state index is 14.5. The molecule has 2 aliphatic heterocycles. The van der Waals surface area contributed by atoms with E-state index in [1.807, 2.05) is 19.9 Å². The van der Waals surface area contributed by atoms with Crippen molar-refractivity contribution in [1.82, 2.24) is 0 Å². The van der Waals surface area contributed by atoms with E-state index < -0.39 is 5.54 Å². The van der Waals surface area contributed by atoms with Crippen LogP contribution < -0.4 is 5.73 Å². The number of rotatable bonds is 4. The number of amidine groups is 1. The van der Waals surface area contributed by atoms with Crippen LogP contribution in [0, 0.1) is 11.7 Å². The van der Waals surface area contributed by atoms with Crippen LogP contribution in [0.2, 0.25) is 0 Å². The third kappa shape index (κ3) is 3.32. The zero-order valence-corrected chi connectivity index (χ0v) is 15.2. The molecule has 2 aliphatic rings. The molecule has 3 rings (SSSR count). The SMILES string of the molecule is CC(C)OCC1CC2C(C)SC(N)=NC2(c2ccccc2F)CO1. The van der Waals surface area contributed by atoms with Crippen LogP contribution in [0.15, 0.2) is 29.3 Å². The molecule has 2 N–H and O–H groups in total. The molecule has 0 amide bonds. The number of nitrogens with zero attached hydrogens (tertiary/aromatic N) is 1. The molecule has 1 aromatic carbocycles. The number of aliphatic imine (C=N–C) groups is 1. The van der Waals surface area contributed by atoms with Crippen LogP contribution in [0.3, 0.4) is 0 Å². The molecule has 1 saturated heterocycles. The number of benzene rings is 1. The first kappa shape index (κ1) is 17.7. The highest BCUT2D eigenvalue weighted by atomic mass is 32.2. The second-order valence-corrected chi connectivity index (χ2v) is 8.23. The van der Waals surface area contributed by atoms with Crippen LogP contribution in [0.5, 0.6) is 0 Å².